The number of aromatic hydroxyl groups is 1. The van der Waals surface area contributed by atoms with Crippen molar-refractivity contribution in [2.45, 2.75) is 38.1 Å². The van der Waals surface area contributed by atoms with Crippen LogP contribution in [0.25, 0.3) is 0 Å². The Morgan fingerprint density at radius 1 is 1.41 bits per heavy atom. The van der Waals surface area contributed by atoms with E-state index in [4.69, 9.17) is 10.8 Å². The Bertz CT molecular complexity index is 443. The fourth-order valence-electron chi connectivity index (χ4n) is 2.49. The average Bonchev–Trinajstić information content (AvgIpc) is 2.62. The Kier molecular flexibility index (Phi) is 3.33. The molecular weight excluding hydrogens is 218 g/mol. The van der Waals surface area contributed by atoms with Gasteiger partial charge in [0.05, 0.1) is 0 Å². The molecule has 4 N–H and O–H groups in total. The molecule has 0 aliphatic heterocycles. The molecule has 1 atom stereocenters. The van der Waals surface area contributed by atoms with Gasteiger partial charge < -0.3 is 15.9 Å². The zero-order valence-corrected chi connectivity index (χ0v) is 9.65. The van der Waals surface area contributed by atoms with E-state index in [2.05, 4.69) is 0 Å². The molecule has 4 nitrogen and oxygen atoms in total. The number of hydrogen-bond acceptors (Lipinski definition) is 3. The Hall–Kier alpha value is -1.55. The molecule has 0 fully saturated rings. The molecule has 1 unspecified atom stereocenters. The molecule has 92 valence electrons. The van der Waals surface area contributed by atoms with Gasteiger partial charge in [-0.1, -0.05) is 6.07 Å². The lowest BCUT2D eigenvalue weighted by Crippen LogP contribution is -2.19. The highest BCUT2D eigenvalue weighted by molar-refractivity contribution is 5.66. The Morgan fingerprint density at radius 2 is 2.18 bits per heavy atom. The largest absolute Gasteiger partial charge is 0.508 e. The van der Waals surface area contributed by atoms with Gasteiger partial charge in [0.25, 0.3) is 0 Å². The molecule has 0 amide bonds. The molecule has 0 aromatic heterocycles. The quantitative estimate of drug-likeness (QED) is 0.732. The predicted molar refractivity (Wildman–Crippen MR) is 64.1 cm³/mol. The number of carboxylic acids is 1. The summed E-state index contributed by atoms with van der Waals surface area (Å²) >= 11 is 0. The van der Waals surface area contributed by atoms with Gasteiger partial charge in [-0.15, -0.1) is 0 Å². The third-order valence-electron chi connectivity index (χ3n) is 3.27. The Labute approximate surface area is 100 Å². The topological polar surface area (TPSA) is 83.5 Å². The van der Waals surface area contributed by atoms with E-state index in [1.165, 1.54) is 5.56 Å². The van der Waals surface area contributed by atoms with Crippen LogP contribution in [0.1, 0.15) is 29.5 Å². The van der Waals surface area contributed by atoms with Crippen LogP contribution >= 0.6 is 0 Å². The molecule has 1 aromatic carbocycles. The molecule has 4 heteroatoms. The van der Waals surface area contributed by atoms with Gasteiger partial charge in [-0.3, -0.25) is 4.79 Å². The van der Waals surface area contributed by atoms with Crippen molar-refractivity contribution >= 4 is 5.97 Å². The van der Waals surface area contributed by atoms with Crippen molar-refractivity contribution in [2.75, 3.05) is 0 Å². The molecule has 0 bridgehead atoms. The van der Waals surface area contributed by atoms with Crippen LogP contribution in [0.15, 0.2) is 12.1 Å². The first-order valence-corrected chi connectivity index (χ1v) is 5.88. The second-order valence-electron chi connectivity index (χ2n) is 4.62. The number of rotatable bonds is 4. The third kappa shape index (κ3) is 2.58. The lowest BCUT2D eigenvalue weighted by molar-refractivity contribution is -0.137. The highest BCUT2D eigenvalue weighted by Gasteiger charge is 2.22. The van der Waals surface area contributed by atoms with Crippen molar-refractivity contribution in [1.82, 2.24) is 0 Å². The smallest absolute Gasteiger partial charge is 0.303 e. The number of benzene rings is 1. The summed E-state index contributed by atoms with van der Waals surface area (Å²) in [6.07, 6.45) is 2.92. The molecular formula is C13H17NO3. The van der Waals surface area contributed by atoms with E-state index < -0.39 is 5.97 Å². The lowest BCUT2D eigenvalue weighted by Gasteiger charge is -2.10. The number of nitrogens with two attached hydrogens (primary N) is 1. The summed E-state index contributed by atoms with van der Waals surface area (Å²) in [5, 5.41) is 18.5. The second-order valence-corrected chi connectivity index (χ2v) is 4.62. The van der Waals surface area contributed by atoms with Crippen LogP contribution in [0.4, 0.5) is 0 Å². The molecule has 17 heavy (non-hydrogen) atoms. The van der Waals surface area contributed by atoms with Gasteiger partial charge in [0.15, 0.2) is 0 Å². The van der Waals surface area contributed by atoms with Gasteiger partial charge in [0.1, 0.15) is 5.75 Å². The summed E-state index contributed by atoms with van der Waals surface area (Å²) in [4.78, 5) is 10.5. The van der Waals surface area contributed by atoms with Gasteiger partial charge in [0, 0.05) is 12.5 Å². The van der Waals surface area contributed by atoms with Crippen LogP contribution in [0.3, 0.4) is 0 Å². The molecule has 1 aromatic rings. The summed E-state index contributed by atoms with van der Waals surface area (Å²) in [7, 11) is 0. The molecule has 2 rings (SSSR count). The van der Waals surface area contributed by atoms with Gasteiger partial charge >= 0.3 is 5.97 Å². The highest BCUT2D eigenvalue weighted by Crippen LogP contribution is 2.32. The van der Waals surface area contributed by atoms with Gasteiger partial charge in [-0.05, 0) is 48.4 Å². The van der Waals surface area contributed by atoms with Crippen LogP contribution in [-0.2, 0) is 24.1 Å². The molecule has 0 heterocycles. The van der Waals surface area contributed by atoms with E-state index in [-0.39, 0.29) is 18.2 Å². The zero-order chi connectivity index (χ0) is 12.4. The van der Waals surface area contributed by atoms with Crippen molar-refractivity contribution in [3.8, 4) is 5.75 Å². The second kappa shape index (κ2) is 4.75. The minimum absolute atomic E-state index is 0.130. The minimum Gasteiger partial charge on any atom is -0.508 e. The van der Waals surface area contributed by atoms with E-state index >= 15 is 0 Å². The summed E-state index contributed by atoms with van der Waals surface area (Å²) in [5.41, 5.74) is 9.11. The lowest BCUT2D eigenvalue weighted by atomic mass is 9.97. The fourth-order valence-corrected chi connectivity index (χ4v) is 2.49. The molecule has 1 aliphatic rings. The molecule has 0 spiro atoms. The summed E-state index contributed by atoms with van der Waals surface area (Å²) in [5.74, 6) is -0.531. The van der Waals surface area contributed by atoms with Gasteiger partial charge in [-0.25, -0.2) is 0 Å². The van der Waals surface area contributed by atoms with Crippen molar-refractivity contribution in [1.29, 1.82) is 0 Å². The Morgan fingerprint density at radius 3 is 2.88 bits per heavy atom. The first kappa shape index (κ1) is 11.9. The first-order valence-electron chi connectivity index (χ1n) is 5.88. The summed E-state index contributed by atoms with van der Waals surface area (Å²) in [6.45, 7) is 0. The van der Waals surface area contributed by atoms with Crippen LogP contribution in [0.5, 0.6) is 5.75 Å². The van der Waals surface area contributed by atoms with Crippen LogP contribution in [0.2, 0.25) is 0 Å². The van der Waals surface area contributed by atoms with Gasteiger partial charge in [0.2, 0.25) is 0 Å². The van der Waals surface area contributed by atoms with Crippen LogP contribution < -0.4 is 5.73 Å². The molecule has 0 saturated heterocycles. The van der Waals surface area contributed by atoms with Crippen molar-refractivity contribution < 1.29 is 15.0 Å². The summed E-state index contributed by atoms with van der Waals surface area (Å²) in [6, 6.07) is 3.73. The number of carboxylic acid groups (broad SMARTS) is 1. The maximum atomic E-state index is 10.5. The monoisotopic (exact) mass is 235 g/mol. The number of phenols is 1. The first-order chi connectivity index (χ1) is 8.08. The van der Waals surface area contributed by atoms with Crippen LogP contribution in [-0.4, -0.2) is 22.2 Å². The molecule has 0 saturated carbocycles. The highest BCUT2D eigenvalue weighted by atomic mass is 16.4. The SMILES string of the molecule is NC1Cc2ccc(O)c(CCCC(=O)O)c2C1. The number of aliphatic carboxylic acids is 1. The van der Waals surface area contributed by atoms with E-state index in [1.807, 2.05) is 6.07 Å². The molecule has 0 radical (unpaired) electrons. The maximum Gasteiger partial charge on any atom is 0.303 e. The standard InChI is InChI=1S/C13H17NO3/c14-9-6-8-4-5-12(15)10(11(8)7-9)2-1-3-13(16)17/h4-5,9,15H,1-3,6-7,14H2,(H,16,17). The number of hydrogen-bond donors (Lipinski definition) is 3. The Balaban J connectivity index is 2.16. The third-order valence-corrected chi connectivity index (χ3v) is 3.27. The van der Waals surface area contributed by atoms with E-state index in [1.54, 1.807) is 6.07 Å². The predicted octanol–water partition coefficient (Wildman–Crippen LogP) is 1.23. The average molecular weight is 235 g/mol. The number of phenolic OH excluding ortho intramolecular Hbond substituents is 1. The maximum absolute atomic E-state index is 10.5. The number of carbonyl (C=O) groups is 1. The van der Waals surface area contributed by atoms with Crippen LogP contribution in [0, 0.1) is 0 Å². The van der Waals surface area contributed by atoms with Gasteiger partial charge in [-0.2, -0.15) is 0 Å². The normalized spacial score (nSPS) is 18.1. The minimum atomic E-state index is -0.797. The fraction of sp³-hybridized carbons (Fsp3) is 0.462. The zero-order valence-electron chi connectivity index (χ0n) is 9.65. The molecule has 1 aliphatic carbocycles. The van der Waals surface area contributed by atoms with E-state index in [9.17, 15) is 9.90 Å². The van der Waals surface area contributed by atoms with E-state index in [0.717, 1.165) is 24.0 Å². The van der Waals surface area contributed by atoms with Crippen molar-refractivity contribution in [2.24, 2.45) is 5.73 Å². The van der Waals surface area contributed by atoms with E-state index in [0.29, 0.717) is 12.8 Å². The van der Waals surface area contributed by atoms with Crippen molar-refractivity contribution in [3.05, 3.63) is 28.8 Å². The summed E-state index contributed by atoms with van der Waals surface area (Å²) < 4.78 is 0. The number of fused-ring (bicyclic) bond motifs is 1. The van der Waals surface area contributed by atoms with Crippen molar-refractivity contribution in [3.63, 3.8) is 0 Å².